The Morgan fingerprint density at radius 2 is 1.74 bits per heavy atom. The molecule has 5 atom stereocenters. The fourth-order valence-electron chi connectivity index (χ4n) is 3.22. The number of nitrogens with two attached hydrogens (primary N) is 1. The van der Waals surface area contributed by atoms with Crippen LogP contribution in [0.4, 0.5) is 0 Å². The van der Waals surface area contributed by atoms with Crippen molar-refractivity contribution < 1.29 is 24.3 Å². The van der Waals surface area contributed by atoms with Gasteiger partial charge in [0, 0.05) is 18.3 Å². The molecule has 34 heavy (non-hydrogen) atoms. The second-order valence-electron chi connectivity index (χ2n) is 8.67. The molecule has 0 saturated carbocycles. The Labute approximate surface area is 204 Å². The molecule has 0 fully saturated rings. The number of rotatable bonds is 15. The lowest BCUT2D eigenvalue weighted by Crippen LogP contribution is -2.59. The third kappa shape index (κ3) is 9.34. The molecule has 1 aromatic heterocycles. The van der Waals surface area contributed by atoms with Crippen LogP contribution in [0, 0.1) is 11.8 Å². The van der Waals surface area contributed by atoms with E-state index in [4.69, 9.17) is 5.73 Å². The lowest BCUT2D eigenvalue weighted by molar-refractivity contribution is -0.144. The zero-order valence-electron chi connectivity index (χ0n) is 20.5. The number of aromatic nitrogens is 2. The van der Waals surface area contributed by atoms with Crippen LogP contribution in [0.1, 0.15) is 46.2 Å². The van der Waals surface area contributed by atoms with Gasteiger partial charge in [-0.3, -0.25) is 14.4 Å². The standard InChI is InChI=1S/C22H38N6O5S/c1-6-13(4)18(22(32)33)28-20(30)16(7-8-34-5)26-21(31)17(12(2)3)27-19(29)15(23)9-14-10-24-11-25-14/h10-13,15-18H,6-9,23H2,1-5H3,(H,24,25)(H,26,31)(H,27,29)(H,28,30)(H,32,33). The lowest BCUT2D eigenvalue weighted by Gasteiger charge is -2.27. The molecule has 0 spiro atoms. The fraction of sp³-hybridized carbons (Fsp3) is 0.682. The number of hydrogen-bond acceptors (Lipinski definition) is 7. The highest BCUT2D eigenvalue weighted by atomic mass is 32.2. The maximum atomic E-state index is 13.1. The topological polar surface area (TPSA) is 179 Å². The number of thioether (sulfide) groups is 1. The first kappa shape index (κ1) is 29.4. The summed E-state index contributed by atoms with van der Waals surface area (Å²) in [5, 5.41) is 17.4. The minimum atomic E-state index is -1.13. The summed E-state index contributed by atoms with van der Waals surface area (Å²) in [5.74, 6) is -2.72. The van der Waals surface area contributed by atoms with Crippen molar-refractivity contribution in [3.8, 4) is 0 Å². The summed E-state index contributed by atoms with van der Waals surface area (Å²) in [6.07, 6.45) is 6.03. The normalized spacial score (nSPS) is 15.6. The van der Waals surface area contributed by atoms with Crippen molar-refractivity contribution in [2.45, 2.75) is 71.1 Å². The minimum absolute atomic E-state index is 0.225. The van der Waals surface area contributed by atoms with E-state index in [0.717, 1.165) is 0 Å². The van der Waals surface area contributed by atoms with E-state index in [0.29, 0.717) is 24.3 Å². The highest BCUT2D eigenvalue weighted by Gasteiger charge is 2.32. The predicted octanol–water partition coefficient (Wildman–Crippen LogP) is 0.274. The van der Waals surface area contributed by atoms with E-state index in [1.54, 1.807) is 27.0 Å². The van der Waals surface area contributed by atoms with Crippen molar-refractivity contribution in [3.05, 3.63) is 18.2 Å². The molecule has 0 radical (unpaired) electrons. The van der Waals surface area contributed by atoms with Gasteiger partial charge >= 0.3 is 5.97 Å². The monoisotopic (exact) mass is 498 g/mol. The van der Waals surface area contributed by atoms with E-state index in [9.17, 15) is 24.3 Å². The number of H-pyrrole nitrogens is 1. The van der Waals surface area contributed by atoms with Gasteiger partial charge in [-0.2, -0.15) is 11.8 Å². The van der Waals surface area contributed by atoms with Gasteiger partial charge in [-0.15, -0.1) is 0 Å². The van der Waals surface area contributed by atoms with Crippen LogP contribution in [-0.4, -0.2) is 74.9 Å². The van der Waals surface area contributed by atoms with Crippen LogP contribution in [0.3, 0.4) is 0 Å². The molecule has 0 aliphatic rings. The number of aliphatic carboxylic acids is 1. The van der Waals surface area contributed by atoms with Gasteiger partial charge in [-0.05, 0) is 30.3 Å². The Balaban J connectivity index is 2.90. The number of carbonyl (C=O) groups is 4. The van der Waals surface area contributed by atoms with Crippen molar-refractivity contribution in [1.29, 1.82) is 0 Å². The first-order valence-corrected chi connectivity index (χ1v) is 12.8. The number of carboxylic acid groups (broad SMARTS) is 1. The summed E-state index contributed by atoms with van der Waals surface area (Å²) in [6.45, 7) is 7.12. The molecule has 0 aliphatic heterocycles. The number of carboxylic acids is 1. The highest BCUT2D eigenvalue weighted by Crippen LogP contribution is 2.11. The Bertz CT molecular complexity index is 804. The van der Waals surface area contributed by atoms with E-state index in [-0.39, 0.29) is 18.3 Å². The molecule has 5 unspecified atom stereocenters. The van der Waals surface area contributed by atoms with Gasteiger partial charge in [0.05, 0.1) is 12.4 Å². The maximum Gasteiger partial charge on any atom is 0.326 e. The molecule has 7 N–H and O–H groups in total. The number of aromatic amines is 1. The van der Waals surface area contributed by atoms with Gasteiger partial charge in [0.25, 0.3) is 0 Å². The molecule has 1 rings (SSSR count). The molecular formula is C22H38N6O5S. The van der Waals surface area contributed by atoms with Crippen LogP contribution >= 0.6 is 11.8 Å². The van der Waals surface area contributed by atoms with Crippen LogP contribution in [0.15, 0.2) is 12.5 Å². The molecule has 11 nitrogen and oxygen atoms in total. The van der Waals surface area contributed by atoms with Crippen LogP contribution in [-0.2, 0) is 25.6 Å². The summed E-state index contributed by atoms with van der Waals surface area (Å²) in [4.78, 5) is 57.0. The van der Waals surface area contributed by atoms with Crippen LogP contribution in [0.5, 0.6) is 0 Å². The lowest BCUT2D eigenvalue weighted by atomic mass is 9.98. The Kier molecular flexibility index (Phi) is 12.7. The van der Waals surface area contributed by atoms with E-state index >= 15 is 0 Å². The number of carbonyl (C=O) groups excluding carboxylic acids is 3. The van der Waals surface area contributed by atoms with Crippen LogP contribution in [0.25, 0.3) is 0 Å². The molecule has 3 amide bonds. The maximum absolute atomic E-state index is 13.1. The molecule has 12 heteroatoms. The number of hydrogen-bond donors (Lipinski definition) is 6. The Morgan fingerprint density at radius 1 is 1.09 bits per heavy atom. The summed E-state index contributed by atoms with van der Waals surface area (Å²) < 4.78 is 0. The third-order valence-electron chi connectivity index (χ3n) is 5.60. The summed E-state index contributed by atoms with van der Waals surface area (Å²) in [6, 6.07) is -3.82. The smallest absolute Gasteiger partial charge is 0.326 e. The van der Waals surface area contributed by atoms with Crippen molar-refractivity contribution in [2.75, 3.05) is 12.0 Å². The summed E-state index contributed by atoms with van der Waals surface area (Å²) in [5.41, 5.74) is 6.67. The SMILES string of the molecule is CCC(C)C(NC(=O)C(CCSC)NC(=O)C(NC(=O)C(N)Cc1cnc[nH]1)C(C)C)C(=O)O. The van der Waals surface area contributed by atoms with Gasteiger partial charge in [0.2, 0.25) is 17.7 Å². The van der Waals surface area contributed by atoms with Crippen molar-refractivity contribution in [2.24, 2.45) is 17.6 Å². The number of nitrogens with zero attached hydrogens (tertiary/aromatic N) is 1. The van der Waals surface area contributed by atoms with Crippen molar-refractivity contribution in [3.63, 3.8) is 0 Å². The first-order valence-electron chi connectivity index (χ1n) is 11.4. The van der Waals surface area contributed by atoms with Crippen molar-refractivity contribution >= 4 is 35.5 Å². The van der Waals surface area contributed by atoms with E-state index in [1.165, 1.54) is 18.1 Å². The average Bonchev–Trinajstić information content (AvgIpc) is 3.29. The summed E-state index contributed by atoms with van der Waals surface area (Å²) in [7, 11) is 0. The molecule has 0 aliphatic carbocycles. The number of nitrogens with one attached hydrogen (secondary N) is 4. The zero-order valence-corrected chi connectivity index (χ0v) is 21.3. The zero-order chi connectivity index (χ0) is 25.8. The van der Waals surface area contributed by atoms with Gasteiger partial charge in [0.15, 0.2) is 0 Å². The minimum Gasteiger partial charge on any atom is -0.480 e. The highest BCUT2D eigenvalue weighted by molar-refractivity contribution is 7.98. The molecule has 192 valence electrons. The first-order chi connectivity index (χ1) is 16.0. The second-order valence-corrected chi connectivity index (χ2v) is 9.66. The number of amides is 3. The van der Waals surface area contributed by atoms with Crippen LogP contribution in [0.2, 0.25) is 0 Å². The van der Waals surface area contributed by atoms with Gasteiger partial charge < -0.3 is 31.8 Å². The van der Waals surface area contributed by atoms with E-state index in [2.05, 4.69) is 25.9 Å². The molecule has 1 aromatic rings. The molecule has 1 heterocycles. The molecule has 0 saturated heterocycles. The molecule has 0 bridgehead atoms. The third-order valence-corrected chi connectivity index (χ3v) is 6.24. The largest absolute Gasteiger partial charge is 0.480 e. The predicted molar refractivity (Wildman–Crippen MR) is 131 cm³/mol. The quantitative estimate of drug-likeness (QED) is 0.199. The Hall–Kier alpha value is -2.60. The van der Waals surface area contributed by atoms with E-state index in [1.807, 2.05) is 13.2 Å². The second kappa shape index (κ2) is 14.6. The van der Waals surface area contributed by atoms with E-state index < -0.39 is 47.9 Å². The average molecular weight is 499 g/mol. The molecule has 0 aromatic carbocycles. The van der Waals surface area contributed by atoms with Gasteiger partial charge in [-0.1, -0.05) is 34.1 Å². The fourth-order valence-corrected chi connectivity index (χ4v) is 3.70. The molecular weight excluding hydrogens is 460 g/mol. The van der Waals surface area contributed by atoms with Crippen LogP contribution < -0.4 is 21.7 Å². The van der Waals surface area contributed by atoms with Gasteiger partial charge in [-0.25, -0.2) is 9.78 Å². The van der Waals surface area contributed by atoms with Gasteiger partial charge in [0.1, 0.15) is 18.1 Å². The van der Waals surface area contributed by atoms with Crippen molar-refractivity contribution in [1.82, 2.24) is 25.9 Å². The number of imidazole rings is 1. The Morgan fingerprint density at radius 3 is 2.24 bits per heavy atom. The summed E-state index contributed by atoms with van der Waals surface area (Å²) >= 11 is 1.50.